The number of hydrogen-bond donors (Lipinski definition) is 0. The highest BCUT2D eigenvalue weighted by molar-refractivity contribution is 6.09. The summed E-state index contributed by atoms with van der Waals surface area (Å²) < 4.78 is 1.87. The highest BCUT2D eigenvalue weighted by atomic mass is 16.1. The molecule has 4 nitrogen and oxygen atoms in total. The van der Waals surface area contributed by atoms with Crippen LogP contribution in [0.4, 0.5) is 0 Å². The van der Waals surface area contributed by atoms with E-state index >= 15 is 0 Å². The van der Waals surface area contributed by atoms with Crippen LogP contribution in [-0.2, 0) is 6.42 Å². The number of benzene rings is 3. The molecule has 4 aromatic rings. The summed E-state index contributed by atoms with van der Waals surface area (Å²) >= 11 is 0. The Kier molecular flexibility index (Phi) is 5.84. The normalized spacial score (nSPS) is 10.9. The number of nitrogens with zero attached hydrogens (tertiary/aromatic N) is 3. The zero-order chi connectivity index (χ0) is 20.9. The molecule has 1 aromatic heterocycles. The molecule has 30 heavy (non-hydrogen) atoms. The molecule has 0 aliphatic rings. The van der Waals surface area contributed by atoms with Gasteiger partial charge in [0.05, 0.1) is 17.6 Å². The summed E-state index contributed by atoms with van der Waals surface area (Å²) in [6.45, 7) is 4.26. The Balaban J connectivity index is 1.67. The molecule has 3 aromatic carbocycles. The minimum absolute atomic E-state index is 0.0310. The first-order chi connectivity index (χ1) is 14.7. The van der Waals surface area contributed by atoms with E-state index in [1.54, 1.807) is 0 Å². The summed E-state index contributed by atoms with van der Waals surface area (Å²) in [5, 5.41) is 8.73. The lowest BCUT2D eigenvalue weighted by molar-refractivity contribution is 0.103. The van der Waals surface area contributed by atoms with Crippen LogP contribution in [0, 0.1) is 6.92 Å². The van der Waals surface area contributed by atoms with Crippen molar-refractivity contribution in [3.05, 3.63) is 101 Å². The monoisotopic (exact) mass is 395 g/mol. The highest BCUT2D eigenvalue weighted by Crippen LogP contribution is 2.29. The largest absolute Gasteiger partial charge is 0.289 e. The van der Waals surface area contributed by atoms with E-state index in [-0.39, 0.29) is 5.78 Å². The average molecular weight is 396 g/mol. The molecule has 0 aliphatic carbocycles. The lowest BCUT2D eigenvalue weighted by atomic mass is 9.97. The summed E-state index contributed by atoms with van der Waals surface area (Å²) in [5.74, 6) is 0.0310. The average Bonchev–Trinajstić information content (AvgIpc) is 3.26. The molecule has 0 atom stereocenters. The second kappa shape index (κ2) is 8.87. The summed E-state index contributed by atoms with van der Waals surface area (Å²) in [6.07, 6.45) is 5.20. The SMILES string of the molecule is CCCCc1cn(-c2c(C)cccc2-c2ccc(C(=O)c3ccccc3)cc2)nn1. The third-order valence-corrected chi connectivity index (χ3v) is 5.29. The van der Waals surface area contributed by atoms with Crippen molar-refractivity contribution in [2.45, 2.75) is 33.1 Å². The fraction of sp³-hybridized carbons (Fsp3) is 0.192. The van der Waals surface area contributed by atoms with Gasteiger partial charge in [-0.15, -0.1) is 5.10 Å². The van der Waals surface area contributed by atoms with Crippen molar-refractivity contribution in [2.24, 2.45) is 0 Å². The standard InChI is InChI=1S/C26H25N3O/c1-3-4-12-23-18-29(28-27-23)25-19(2)9-8-13-24(25)20-14-16-22(17-15-20)26(30)21-10-6-5-7-11-21/h5-11,13-18H,3-4,12H2,1-2H3. The number of carbonyl (C=O) groups excluding carboxylic acids is 1. The second-order valence-corrected chi connectivity index (χ2v) is 7.50. The Morgan fingerprint density at radius 3 is 2.37 bits per heavy atom. The molecule has 0 radical (unpaired) electrons. The summed E-state index contributed by atoms with van der Waals surface area (Å²) in [6, 6.07) is 23.4. The first-order valence-corrected chi connectivity index (χ1v) is 10.4. The van der Waals surface area contributed by atoms with Gasteiger partial charge >= 0.3 is 0 Å². The maximum absolute atomic E-state index is 12.7. The minimum Gasteiger partial charge on any atom is -0.289 e. The molecule has 0 amide bonds. The molecule has 150 valence electrons. The summed E-state index contributed by atoms with van der Waals surface area (Å²) in [5.41, 5.74) is 6.66. The number of unbranched alkanes of at least 4 members (excludes halogenated alkanes) is 1. The predicted octanol–water partition coefficient (Wildman–Crippen LogP) is 5.82. The first kappa shape index (κ1) is 19.8. The Morgan fingerprint density at radius 1 is 0.900 bits per heavy atom. The molecule has 0 aliphatic heterocycles. The van der Waals surface area contributed by atoms with E-state index < -0.39 is 0 Å². The van der Waals surface area contributed by atoms with Crippen molar-refractivity contribution in [3.8, 4) is 16.8 Å². The van der Waals surface area contributed by atoms with Gasteiger partial charge in [-0.25, -0.2) is 4.68 Å². The Labute approximate surface area is 177 Å². The maximum Gasteiger partial charge on any atom is 0.193 e. The van der Waals surface area contributed by atoms with Gasteiger partial charge in [0.25, 0.3) is 0 Å². The Morgan fingerprint density at radius 2 is 1.63 bits per heavy atom. The number of hydrogen-bond acceptors (Lipinski definition) is 3. The number of para-hydroxylation sites is 1. The maximum atomic E-state index is 12.7. The van der Waals surface area contributed by atoms with Crippen molar-refractivity contribution >= 4 is 5.78 Å². The van der Waals surface area contributed by atoms with Crippen molar-refractivity contribution in [1.29, 1.82) is 0 Å². The summed E-state index contributed by atoms with van der Waals surface area (Å²) in [7, 11) is 0. The molecular formula is C26H25N3O. The van der Waals surface area contributed by atoms with Crippen LogP contribution in [0.1, 0.15) is 46.9 Å². The van der Waals surface area contributed by atoms with E-state index in [1.165, 1.54) is 0 Å². The molecule has 0 spiro atoms. The van der Waals surface area contributed by atoms with Gasteiger partial charge in [0.15, 0.2) is 5.78 Å². The number of aromatic nitrogens is 3. The van der Waals surface area contributed by atoms with Crippen LogP contribution in [0.15, 0.2) is 79.0 Å². The van der Waals surface area contributed by atoms with Crippen LogP contribution < -0.4 is 0 Å². The fourth-order valence-electron chi connectivity index (χ4n) is 3.63. The van der Waals surface area contributed by atoms with E-state index in [9.17, 15) is 4.79 Å². The van der Waals surface area contributed by atoms with Crippen molar-refractivity contribution in [3.63, 3.8) is 0 Å². The van der Waals surface area contributed by atoms with E-state index in [0.29, 0.717) is 11.1 Å². The van der Waals surface area contributed by atoms with Crippen LogP contribution in [0.5, 0.6) is 0 Å². The van der Waals surface area contributed by atoms with Crippen LogP contribution >= 0.6 is 0 Å². The van der Waals surface area contributed by atoms with E-state index in [1.807, 2.05) is 71.5 Å². The quantitative estimate of drug-likeness (QED) is 0.371. The van der Waals surface area contributed by atoms with Gasteiger partial charge in [-0.2, -0.15) is 0 Å². The van der Waals surface area contributed by atoms with Crippen molar-refractivity contribution < 1.29 is 4.79 Å². The zero-order valence-corrected chi connectivity index (χ0v) is 17.4. The number of aryl methyl sites for hydroxylation is 2. The Bertz CT molecular complexity index is 1140. The van der Waals surface area contributed by atoms with Gasteiger partial charge in [-0.3, -0.25) is 4.79 Å². The van der Waals surface area contributed by atoms with Crippen LogP contribution in [-0.4, -0.2) is 20.8 Å². The van der Waals surface area contributed by atoms with Crippen molar-refractivity contribution in [1.82, 2.24) is 15.0 Å². The van der Waals surface area contributed by atoms with Gasteiger partial charge in [0, 0.05) is 16.7 Å². The van der Waals surface area contributed by atoms with E-state index in [2.05, 4.69) is 36.3 Å². The molecule has 0 fully saturated rings. The molecule has 1 heterocycles. The van der Waals surface area contributed by atoms with Crippen molar-refractivity contribution in [2.75, 3.05) is 0 Å². The first-order valence-electron chi connectivity index (χ1n) is 10.4. The minimum atomic E-state index is 0.0310. The lowest BCUT2D eigenvalue weighted by Gasteiger charge is -2.13. The third kappa shape index (κ3) is 4.08. The number of rotatable bonds is 7. The van der Waals surface area contributed by atoms with Gasteiger partial charge in [-0.05, 0) is 30.9 Å². The van der Waals surface area contributed by atoms with E-state index in [4.69, 9.17) is 0 Å². The number of carbonyl (C=O) groups is 1. The van der Waals surface area contributed by atoms with Gasteiger partial charge in [0.1, 0.15) is 0 Å². The third-order valence-electron chi connectivity index (χ3n) is 5.29. The van der Waals surface area contributed by atoms with Gasteiger partial charge < -0.3 is 0 Å². The molecule has 0 bridgehead atoms. The van der Waals surface area contributed by atoms with Crippen LogP contribution in [0.25, 0.3) is 16.8 Å². The molecule has 0 saturated heterocycles. The summed E-state index contributed by atoms with van der Waals surface area (Å²) in [4.78, 5) is 12.7. The molecule has 4 rings (SSSR count). The fourth-order valence-corrected chi connectivity index (χ4v) is 3.63. The highest BCUT2D eigenvalue weighted by Gasteiger charge is 2.14. The van der Waals surface area contributed by atoms with Crippen LogP contribution in [0.2, 0.25) is 0 Å². The molecule has 0 saturated carbocycles. The molecule has 4 heteroatoms. The molecule has 0 N–H and O–H groups in total. The van der Waals surface area contributed by atoms with E-state index in [0.717, 1.165) is 47.3 Å². The topological polar surface area (TPSA) is 47.8 Å². The smallest absolute Gasteiger partial charge is 0.193 e. The van der Waals surface area contributed by atoms with Gasteiger partial charge in [-0.1, -0.05) is 91.4 Å². The van der Waals surface area contributed by atoms with Crippen LogP contribution in [0.3, 0.4) is 0 Å². The Hall–Kier alpha value is -3.53. The van der Waals surface area contributed by atoms with Gasteiger partial charge in [0.2, 0.25) is 0 Å². The lowest BCUT2D eigenvalue weighted by Crippen LogP contribution is -2.02. The molecule has 0 unspecified atom stereocenters. The zero-order valence-electron chi connectivity index (χ0n) is 17.4. The number of ketones is 1. The predicted molar refractivity (Wildman–Crippen MR) is 120 cm³/mol. The second-order valence-electron chi connectivity index (χ2n) is 7.50. The molecular weight excluding hydrogens is 370 g/mol.